The predicted octanol–water partition coefficient (Wildman–Crippen LogP) is 2.56. The Labute approximate surface area is 103 Å². The Morgan fingerprint density at radius 3 is 2.53 bits per heavy atom. The van der Waals surface area contributed by atoms with Crippen LogP contribution in [0.3, 0.4) is 0 Å². The van der Waals surface area contributed by atoms with E-state index in [-0.39, 0.29) is 0 Å². The van der Waals surface area contributed by atoms with Crippen molar-refractivity contribution in [3.8, 4) is 11.5 Å². The van der Waals surface area contributed by atoms with E-state index in [9.17, 15) is 0 Å². The maximum absolute atomic E-state index is 5.74. The predicted molar refractivity (Wildman–Crippen MR) is 68.8 cm³/mol. The number of methoxy groups -OCH3 is 1. The average molecular weight is 235 g/mol. The lowest BCUT2D eigenvalue weighted by molar-refractivity contribution is 0.254. The van der Waals surface area contributed by atoms with Crippen molar-refractivity contribution in [1.29, 1.82) is 0 Å². The molecule has 1 aliphatic rings. The van der Waals surface area contributed by atoms with Gasteiger partial charge in [-0.1, -0.05) is 12.1 Å². The van der Waals surface area contributed by atoms with Crippen molar-refractivity contribution in [2.24, 2.45) is 0 Å². The minimum absolute atomic E-state index is 0.761. The maximum Gasteiger partial charge on any atom is 0.161 e. The SMILES string of the molecule is COc1ccccc1OCCCN1CCCC1. The van der Waals surface area contributed by atoms with Gasteiger partial charge >= 0.3 is 0 Å². The van der Waals surface area contributed by atoms with Gasteiger partial charge in [0.25, 0.3) is 0 Å². The highest BCUT2D eigenvalue weighted by Gasteiger charge is 2.10. The Balaban J connectivity index is 1.70. The first kappa shape index (κ1) is 12.2. The van der Waals surface area contributed by atoms with Crippen LogP contribution in [-0.4, -0.2) is 38.3 Å². The van der Waals surface area contributed by atoms with E-state index in [1.165, 1.54) is 25.9 Å². The van der Waals surface area contributed by atoms with Crippen molar-refractivity contribution >= 4 is 0 Å². The first-order valence-corrected chi connectivity index (χ1v) is 6.38. The van der Waals surface area contributed by atoms with Crippen LogP contribution < -0.4 is 9.47 Å². The van der Waals surface area contributed by atoms with Gasteiger partial charge in [0.15, 0.2) is 11.5 Å². The summed E-state index contributed by atoms with van der Waals surface area (Å²) in [6.45, 7) is 4.43. The molecular weight excluding hydrogens is 214 g/mol. The van der Waals surface area contributed by atoms with Crippen LogP contribution in [0, 0.1) is 0 Å². The third-order valence-electron chi connectivity index (χ3n) is 3.14. The molecule has 0 bridgehead atoms. The average Bonchev–Trinajstić information content (AvgIpc) is 2.88. The highest BCUT2D eigenvalue weighted by atomic mass is 16.5. The zero-order valence-corrected chi connectivity index (χ0v) is 10.5. The van der Waals surface area contributed by atoms with E-state index in [2.05, 4.69) is 4.90 Å². The van der Waals surface area contributed by atoms with Gasteiger partial charge in [0.05, 0.1) is 13.7 Å². The van der Waals surface area contributed by atoms with Gasteiger partial charge in [-0.2, -0.15) is 0 Å². The zero-order chi connectivity index (χ0) is 11.9. The van der Waals surface area contributed by atoms with E-state index in [0.29, 0.717) is 0 Å². The molecule has 1 fully saturated rings. The molecule has 17 heavy (non-hydrogen) atoms. The Hall–Kier alpha value is -1.22. The molecule has 1 aliphatic heterocycles. The summed E-state index contributed by atoms with van der Waals surface area (Å²) in [4.78, 5) is 2.51. The number of rotatable bonds is 6. The van der Waals surface area contributed by atoms with Crippen molar-refractivity contribution in [3.05, 3.63) is 24.3 Å². The molecule has 3 nitrogen and oxygen atoms in total. The summed E-state index contributed by atoms with van der Waals surface area (Å²) in [5.74, 6) is 1.66. The quantitative estimate of drug-likeness (QED) is 0.707. The second-order valence-corrected chi connectivity index (χ2v) is 4.40. The van der Waals surface area contributed by atoms with E-state index in [1.54, 1.807) is 7.11 Å². The molecule has 2 rings (SSSR count). The molecule has 0 unspecified atom stereocenters. The molecule has 0 amide bonds. The van der Waals surface area contributed by atoms with Crippen LogP contribution in [0.5, 0.6) is 11.5 Å². The topological polar surface area (TPSA) is 21.7 Å². The molecular formula is C14H21NO2. The van der Waals surface area contributed by atoms with E-state index in [1.807, 2.05) is 24.3 Å². The maximum atomic E-state index is 5.74. The number of likely N-dealkylation sites (tertiary alicyclic amines) is 1. The lowest BCUT2D eigenvalue weighted by Gasteiger charge is -2.15. The third-order valence-corrected chi connectivity index (χ3v) is 3.14. The molecule has 1 aromatic rings. The normalized spacial score (nSPS) is 16.1. The van der Waals surface area contributed by atoms with Gasteiger partial charge in [0, 0.05) is 6.54 Å². The Bertz CT molecular complexity index is 335. The van der Waals surface area contributed by atoms with Gasteiger partial charge in [-0.3, -0.25) is 0 Å². The Morgan fingerprint density at radius 1 is 1.12 bits per heavy atom. The van der Waals surface area contributed by atoms with Crippen molar-refractivity contribution in [1.82, 2.24) is 4.90 Å². The second-order valence-electron chi connectivity index (χ2n) is 4.40. The highest BCUT2D eigenvalue weighted by Crippen LogP contribution is 2.25. The van der Waals surface area contributed by atoms with Gasteiger partial charge in [0.1, 0.15) is 0 Å². The summed E-state index contributed by atoms with van der Waals surface area (Å²) in [6, 6.07) is 7.80. The lowest BCUT2D eigenvalue weighted by Crippen LogP contribution is -2.21. The van der Waals surface area contributed by atoms with Gasteiger partial charge in [0.2, 0.25) is 0 Å². The minimum Gasteiger partial charge on any atom is -0.493 e. The lowest BCUT2D eigenvalue weighted by atomic mass is 10.3. The van der Waals surface area contributed by atoms with Crippen LogP contribution in [0.15, 0.2) is 24.3 Å². The van der Waals surface area contributed by atoms with Crippen LogP contribution >= 0.6 is 0 Å². The van der Waals surface area contributed by atoms with Crippen LogP contribution in [0.2, 0.25) is 0 Å². The molecule has 1 aromatic carbocycles. The summed E-state index contributed by atoms with van der Waals surface area (Å²) in [5.41, 5.74) is 0. The highest BCUT2D eigenvalue weighted by molar-refractivity contribution is 5.39. The molecule has 0 N–H and O–H groups in total. The number of hydrogen-bond acceptors (Lipinski definition) is 3. The Kier molecular flexibility index (Phi) is 4.68. The van der Waals surface area contributed by atoms with Crippen molar-refractivity contribution in [3.63, 3.8) is 0 Å². The third kappa shape index (κ3) is 3.63. The van der Waals surface area contributed by atoms with E-state index in [0.717, 1.165) is 31.1 Å². The minimum atomic E-state index is 0.761. The molecule has 0 spiro atoms. The molecule has 1 heterocycles. The monoisotopic (exact) mass is 235 g/mol. The number of para-hydroxylation sites is 2. The molecule has 0 saturated carbocycles. The molecule has 0 atom stereocenters. The van der Waals surface area contributed by atoms with Crippen molar-refractivity contribution in [2.45, 2.75) is 19.3 Å². The molecule has 3 heteroatoms. The van der Waals surface area contributed by atoms with E-state index in [4.69, 9.17) is 9.47 Å². The van der Waals surface area contributed by atoms with Crippen LogP contribution in [0.25, 0.3) is 0 Å². The summed E-state index contributed by atoms with van der Waals surface area (Å²) < 4.78 is 11.0. The summed E-state index contributed by atoms with van der Waals surface area (Å²) >= 11 is 0. The molecule has 94 valence electrons. The Morgan fingerprint density at radius 2 is 1.82 bits per heavy atom. The standard InChI is InChI=1S/C14H21NO2/c1-16-13-7-2-3-8-14(13)17-12-6-11-15-9-4-5-10-15/h2-3,7-8H,4-6,9-12H2,1H3. The number of benzene rings is 1. The van der Waals surface area contributed by atoms with Crippen molar-refractivity contribution < 1.29 is 9.47 Å². The van der Waals surface area contributed by atoms with Gasteiger partial charge in [-0.05, 0) is 44.5 Å². The molecule has 1 saturated heterocycles. The smallest absolute Gasteiger partial charge is 0.161 e. The van der Waals surface area contributed by atoms with E-state index >= 15 is 0 Å². The summed E-state index contributed by atoms with van der Waals surface area (Å²) in [7, 11) is 1.67. The van der Waals surface area contributed by atoms with Crippen molar-refractivity contribution in [2.75, 3.05) is 33.4 Å². The summed E-state index contributed by atoms with van der Waals surface area (Å²) in [6.07, 6.45) is 3.79. The first-order valence-electron chi connectivity index (χ1n) is 6.38. The molecule has 0 aliphatic carbocycles. The fourth-order valence-electron chi connectivity index (χ4n) is 2.21. The van der Waals surface area contributed by atoms with Gasteiger partial charge in [-0.15, -0.1) is 0 Å². The number of hydrogen-bond donors (Lipinski definition) is 0. The number of ether oxygens (including phenoxy) is 2. The molecule has 0 radical (unpaired) electrons. The van der Waals surface area contributed by atoms with E-state index < -0.39 is 0 Å². The fourth-order valence-corrected chi connectivity index (χ4v) is 2.21. The van der Waals surface area contributed by atoms with Crippen LogP contribution in [0.4, 0.5) is 0 Å². The first-order chi connectivity index (χ1) is 8.40. The number of nitrogens with zero attached hydrogens (tertiary/aromatic N) is 1. The van der Waals surface area contributed by atoms with Crippen LogP contribution in [-0.2, 0) is 0 Å². The zero-order valence-electron chi connectivity index (χ0n) is 10.5. The van der Waals surface area contributed by atoms with Crippen LogP contribution in [0.1, 0.15) is 19.3 Å². The molecule has 0 aromatic heterocycles. The summed E-state index contributed by atoms with van der Waals surface area (Å²) in [5, 5.41) is 0. The van der Waals surface area contributed by atoms with Gasteiger partial charge in [-0.25, -0.2) is 0 Å². The van der Waals surface area contributed by atoms with Gasteiger partial charge < -0.3 is 14.4 Å². The fraction of sp³-hybridized carbons (Fsp3) is 0.571. The second kappa shape index (κ2) is 6.50. The largest absolute Gasteiger partial charge is 0.493 e.